The van der Waals surface area contributed by atoms with Crippen LogP contribution in [0.5, 0.6) is 0 Å². The molecule has 1 aliphatic carbocycles. The number of hydrogen-bond acceptors (Lipinski definition) is 5. The van der Waals surface area contributed by atoms with Gasteiger partial charge in [-0.15, -0.1) is 0 Å². The predicted octanol–water partition coefficient (Wildman–Crippen LogP) is 3.08. The number of hydrogen-bond donors (Lipinski definition) is 2. The number of primary amides is 1. The fraction of sp³-hybridized carbons (Fsp3) is 0.667. The van der Waals surface area contributed by atoms with Gasteiger partial charge in [-0.25, -0.2) is 0 Å². The van der Waals surface area contributed by atoms with Gasteiger partial charge in [-0.05, 0) is 76.4 Å². The van der Waals surface area contributed by atoms with E-state index in [-0.39, 0.29) is 37.5 Å². The van der Waals surface area contributed by atoms with E-state index in [0.717, 1.165) is 63.5 Å². The summed E-state index contributed by atoms with van der Waals surface area (Å²) in [6.45, 7) is 2.11. The van der Waals surface area contributed by atoms with Crippen LogP contribution >= 0.6 is 23.2 Å². The summed E-state index contributed by atoms with van der Waals surface area (Å²) in [6.07, 6.45) is 8.67. The van der Waals surface area contributed by atoms with Crippen LogP contribution in [0.1, 0.15) is 56.9 Å². The van der Waals surface area contributed by atoms with Crippen molar-refractivity contribution in [1.82, 2.24) is 20.0 Å². The first-order chi connectivity index (χ1) is 17.7. The standard InChI is InChI=1S/C27H41Cl2N5O3/c1-32-14-5-8-22(32)12-15-33(19-27(37)34(18-25(30)35)23-6-3-2-4-7-23)26(36)17-31-13-11-20-9-10-21(28)16-24(20)29/h9-10,16,22-23,31H,2-8,11-15,17-19H2,1H3,(H2,30,35). The number of amides is 3. The molecule has 2 aliphatic rings. The molecule has 1 saturated heterocycles. The summed E-state index contributed by atoms with van der Waals surface area (Å²) in [7, 11) is 2.11. The fourth-order valence-corrected chi connectivity index (χ4v) is 5.93. The molecule has 0 aromatic heterocycles. The third-order valence-electron chi connectivity index (χ3n) is 7.61. The third-order valence-corrected chi connectivity index (χ3v) is 8.19. The monoisotopic (exact) mass is 553 g/mol. The number of nitrogens with zero attached hydrogens (tertiary/aromatic N) is 3. The minimum atomic E-state index is -0.521. The van der Waals surface area contributed by atoms with E-state index in [1.165, 1.54) is 0 Å². The molecule has 10 heteroatoms. The van der Waals surface area contributed by atoms with Crippen LogP contribution in [0, 0.1) is 0 Å². The zero-order valence-corrected chi connectivity index (χ0v) is 23.4. The quantitative estimate of drug-likeness (QED) is 0.365. The molecule has 1 aromatic rings. The Bertz CT molecular complexity index is 925. The topological polar surface area (TPSA) is 99.0 Å². The SMILES string of the molecule is CN1CCCC1CCN(CC(=O)N(CC(N)=O)C1CCCCC1)C(=O)CNCCc1ccc(Cl)cc1Cl. The summed E-state index contributed by atoms with van der Waals surface area (Å²) < 4.78 is 0. The zero-order valence-electron chi connectivity index (χ0n) is 21.9. The highest BCUT2D eigenvalue weighted by atomic mass is 35.5. The number of likely N-dealkylation sites (tertiary alicyclic amines) is 1. The van der Waals surface area contributed by atoms with Crippen LogP contribution < -0.4 is 11.1 Å². The van der Waals surface area contributed by atoms with Crippen molar-refractivity contribution in [3.8, 4) is 0 Å². The Morgan fingerprint density at radius 1 is 1.05 bits per heavy atom. The molecule has 8 nitrogen and oxygen atoms in total. The van der Waals surface area contributed by atoms with Crippen molar-refractivity contribution in [3.05, 3.63) is 33.8 Å². The molecule has 2 fully saturated rings. The Hall–Kier alpha value is -1.87. The first-order valence-electron chi connectivity index (χ1n) is 13.4. The van der Waals surface area contributed by atoms with Crippen LogP contribution in [0.25, 0.3) is 0 Å². The Labute approximate surface area is 230 Å². The molecule has 3 rings (SSSR count). The van der Waals surface area contributed by atoms with Gasteiger partial charge in [0.1, 0.15) is 0 Å². The van der Waals surface area contributed by atoms with Crippen LogP contribution in [0.4, 0.5) is 0 Å². The van der Waals surface area contributed by atoms with Crippen molar-refractivity contribution in [3.63, 3.8) is 0 Å². The number of nitrogens with two attached hydrogens (primary N) is 1. The lowest BCUT2D eigenvalue weighted by Crippen LogP contribution is -2.52. The number of carbonyl (C=O) groups excluding carboxylic acids is 3. The van der Waals surface area contributed by atoms with E-state index < -0.39 is 5.91 Å². The lowest BCUT2D eigenvalue weighted by molar-refractivity contribution is -0.143. The van der Waals surface area contributed by atoms with E-state index in [1.54, 1.807) is 21.9 Å². The maximum atomic E-state index is 13.4. The number of carbonyl (C=O) groups is 3. The number of rotatable bonds is 13. The average Bonchev–Trinajstić information content (AvgIpc) is 3.28. The van der Waals surface area contributed by atoms with Crippen LogP contribution in [0.3, 0.4) is 0 Å². The molecule has 0 bridgehead atoms. The first-order valence-corrected chi connectivity index (χ1v) is 14.2. The molecular formula is C27H41Cl2N5O3. The van der Waals surface area contributed by atoms with Crippen molar-refractivity contribution in [2.75, 3.05) is 46.3 Å². The van der Waals surface area contributed by atoms with E-state index in [1.807, 2.05) is 6.07 Å². The van der Waals surface area contributed by atoms with Gasteiger partial charge in [-0.1, -0.05) is 48.5 Å². The van der Waals surface area contributed by atoms with Crippen LogP contribution in [0.15, 0.2) is 18.2 Å². The molecule has 3 amide bonds. The van der Waals surface area contributed by atoms with Crippen molar-refractivity contribution < 1.29 is 14.4 Å². The Morgan fingerprint density at radius 3 is 2.46 bits per heavy atom. The number of benzene rings is 1. The molecule has 1 saturated carbocycles. The average molecular weight is 555 g/mol. The minimum absolute atomic E-state index is 0.00826. The maximum absolute atomic E-state index is 13.4. The van der Waals surface area contributed by atoms with Crippen LogP contribution in [-0.2, 0) is 20.8 Å². The maximum Gasteiger partial charge on any atom is 0.242 e. The molecule has 1 atom stereocenters. The van der Waals surface area contributed by atoms with Gasteiger partial charge in [0.05, 0.1) is 19.6 Å². The summed E-state index contributed by atoms with van der Waals surface area (Å²) >= 11 is 12.2. The Morgan fingerprint density at radius 2 is 1.81 bits per heavy atom. The highest BCUT2D eigenvalue weighted by Crippen LogP contribution is 2.24. The molecule has 1 aromatic carbocycles. The second-order valence-electron chi connectivity index (χ2n) is 10.3. The fourth-order valence-electron chi connectivity index (χ4n) is 5.43. The summed E-state index contributed by atoms with van der Waals surface area (Å²) in [5, 5.41) is 4.39. The molecule has 0 radical (unpaired) electrons. The lowest BCUT2D eigenvalue weighted by Gasteiger charge is -2.35. The Balaban J connectivity index is 1.60. The van der Waals surface area contributed by atoms with E-state index in [4.69, 9.17) is 28.9 Å². The predicted molar refractivity (Wildman–Crippen MR) is 148 cm³/mol. The van der Waals surface area contributed by atoms with Gasteiger partial charge in [-0.3, -0.25) is 14.4 Å². The zero-order chi connectivity index (χ0) is 26.8. The van der Waals surface area contributed by atoms with Gasteiger partial charge < -0.3 is 25.8 Å². The summed E-state index contributed by atoms with van der Waals surface area (Å²) in [4.78, 5) is 44.0. The van der Waals surface area contributed by atoms with Crippen LogP contribution in [0.2, 0.25) is 10.0 Å². The Kier molecular flexibility index (Phi) is 12.0. The molecule has 1 unspecified atom stereocenters. The summed E-state index contributed by atoms with van der Waals surface area (Å²) in [5.74, 6) is -0.849. The van der Waals surface area contributed by atoms with Gasteiger partial charge >= 0.3 is 0 Å². The summed E-state index contributed by atoms with van der Waals surface area (Å²) in [6, 6.07) is 5.81. The van der Waals surface area contributed by atoms with Crippen molar-refractivity contribution in [2.45, 2.75) is 69.9 Å². The van der Waals surface area contributed by atoms with E-state index in [2.05, 4.69) is 17.3 Å². The summed E-state index contributed by atoms with van der Waals surface area (Å²) in [5.41, 5.74) is 6.44. The normalized spacial score (nSPS) is 18.6. The number of halogens is 2. The number of nitrogens with one attached hydrogen (secondary N) is 1. The van der Waals surface area contributed by atoms with Crippen LogP contribution in [-0.4, -0.2) is 90.8 Å². The molecule has 0 spiro atoms. The van der Waals surface area contributed by atoms with E-state index in [9.17, 15) is 14.4 Å². The van der Waals surface area contributed by atoms with Gasteiger partial charge in [0, 0.05) is 28.7 Å². The van der Waals surface area contributed by atoms with Gasteiger partial charge in [-0.2, -0.15) is 0 Å². The van der Waals surface area contributed by atoms with Crippen molar-refractivity contribution >= 4 is 40.9 Å². The molecular weight excluding hydrogens is 513 g/mol. The van der Waals surface area contributed by atoms with Gasteiger partial charge in [0.2, 0.25) is 17.7 Å². The smallest absolute Gasteiger partial charge is 0.242 e. The van der Waals surface area contributed by atoms with E-state index in [0.29, 0.717) is 35.6 Å². The first kappa shape index (κ1) is 29.7. The highest BCUT2D eigenvalue weighted by molar-refractivity contribution is 6.35. The minimum Gasteiger partial charge on any atom is -0.368 e. The van der Waals surface area contributed by atoms with Crippen molar-refractivity contribution in [1.29, 1.82) is 0 Å². The second-order valence-corrected chi connectivity index (χ2v) is 11.2. The molecule has 206 valence electrons. The lowest BCUT2D eigenvalue weighted by atomic mass is 9.94. The molecule has 1 heterocycles. The molecule has 1 aliphatic heterocycles. The molecule has 3 N–H and O–H groups in total. The highest BCUT2D eigenvalue weighted by Gasteiger charge is 2.30. The van der Waals surface area contributed by atoms with Gasteiger partial charge in [0.15, 0.2) is 0 Å². The second kappa shape index (κ2) is 14.9. The third kappa shape index (κ3) is 9.43. The van der Waals surface area contributed by atoms with E-state index >= 15 is 0 Å². The largest absolute Gasteiger partial charge is 0.368 e. The van der Waals surface area contributed by atoms with Gasteiger partial charge in [0.25, 0.3) is 0 Å². The molecule has 37 heavy (non-hydrogen) atoms. The van der Waals surface area contributed by atoms with Crippen molar-refractivity contribution in [2.24, 2.45) is 5.73 Å².